The lowest BCUT2D eigenvalue weighted by molar-refractivity contribution is 0.561. The number of nitrogens with one attached hydrogen (secondary N) is 1. The molecule has 1 nitrogen and oxygen atoms in total. The van der Waals surface area contributed by atoms with Crippen molar-refractivity contribution in [2.24, 2.45) is 0 Å². The predicted octanol–water partition coefficient (Wildman–Crippen LogP) is 4.22. The minimum absolute atomic E-state index is 0.357. The largest absolute Gasteiger partial charge is 0.298 e. The van der Waals surface area contributed by atoms with E-state index in [0.717, 1.165) is 9.50 Å². The van der Waals surface area contributed by atoms with Crippen molar-refractivity contribution < 1.29 is 0 Å². The van der Waals surface area contributed by atoms with Crippen molar-refractivity contribution in [3.8, 4) is 0 Å². The summed E-state index contributed by atoms with van der Waals surface area (Å²) in [5, 5.41) is 4.78. The molecule has 0 spiro atoms. The Bertz CT molecular complexity index is 358. The van der Waals surface area contributed by atoms with E-state index in [4.69, 9.17) is 11.6 Å². The number of halogens is 2. The molecule has 82 valence electrons. The first-order chi connectivity index (χ1) is 7.20. The molecule has 0 aromatic heterocycles. The summed E-state index contributed by atoms with van der Waals surface area (Å²) in [4.78, 5) is 0. The van der Waals surface area contributed by atoms with Gasteiger partial charge in [0.1, 0.15) is 0 Å². The molecule has 1 N–H and O–H groups in total. The normalized spacial score (nSPS) is 25.8. The third-order valence-corrected chi connectivity index (χ3v) is 4.73. The summed E-state index contributed by atoms with van der Waals surface area (Å²) >= 11 is 11.6. The van der Waals surface area contributed by atoms with Crippen LogP contribution in [0.4, 0.5) is 0 Å². The number of benzene rings is 1. The van der Waals surface area contributed by atoms with E-state index in [2.05, 4.69) is 34.2 Å². The molecule has 1 aliphatic rings. The highest BCUT2D eigenvalue weighted by molar-refractivity contribution is 9.10. The molecular formula is C11H13BrClNS. The second-order valence-corrected chi connectivity index (χ2v) is 6.11. The lowest BCUT2D eigenvalue weighted by atomic mass is 10.2. The molecule has 15 heavy (non-hydrogen) atoms. The van der Waals surface area contributed by atoms with Gasteiger partial charge in [-0.3, -0.25) is 5.32 Å². The zero-order chi connectivity index (χ0) is 10.8. The predicted molar refractivity (Wildman–Crippen MR) is 71.6 cm³/mol. The van der Waals surface area contributed by atoms with Crippen molar-refractivity contribution in [1.82, 2.24) is 5.32 Å². The summed E-state index contributed by atoms with van der Waals surface area (Å²) < 4.78 is 1.03. The Morgan fingerprint density at radius 3 is 3.00 bits per heavy atom. The van der Waals surface area contributed by atoms with Gasteiger partial charge in [0.25, 0.3) is 0 Å². The number of hydrogen-bond acceptors (Lipinski definition) is 2. The van der Waals surface area contributed by atoms with Crippen LogP contribution in [0.15, 0.2) is 22.7 Å². The molecule has 1 heterocycles. The van der Waals surface area contributed by atoms with Crippen molar-refractivity contribution in [2.45, 2.75) is 24.8 Å². The lowest BCUT2D eigenvalue weighted by Gasteiger charge is -2.13. The van der Waals surface area contributed by atoms with E-state index in [0.29, 0.717) is 11.4 Å². The van der Waals surface area contributed by atoms with Gasteiger partial charge in [-0.05, 0) is 24.1 Å². The van der Waals surface area contributed by atoms with Gasteiger partial charge < -0.3 is 0 Å². The molecular weight excluding hydrogens is 294 g/mol. The van der Waals surface area contributed by atoms with Gasteiger partial charge in [0.2, 0.25) is 0 Å². The first-order valence-electron chi connectivity index (χ1n) is 5.03. The molecule has 1 aromatic rings. The van der Waals surface area contributed by atoms with Crippen LogP contribution in [-0.4, -0.2) is 11.8 Å². The first-order valence-corrected chi connectivity index (χ1v) is 7.25. The maximum Gasteiger partial charge on any atom is 0.0806 e. The van der Waals surface area contributed by atoms with Crippen molar-refractivity contribution in [3.63, 3.8) is 0 Å². The average molecular weight is 307 g/mol. The first kappa shape index (κ1) is 11.8. The molecule has 0 radical (unpaired) electrons. The van der Waals surface area contributed by atoms with Crippen LogP contribution >= 0.6 is 39.3 Å². The fourth-order valence-electron chi connectivity index (χ4n) is 1.65. The van der Waals surface area contributed by atoms with Crippen LogP contribution < -0.4 is 5.32 Å². The quantitative estimate of drug-likeness (QED) is 0.878. The summed E-state index contributed by atoms with van der Waals surface area (Å²) in [5.74, 6) is 1.17. The van der Waals surface area contributed by atoms with Gasteiger partial charge in [-0.1, -0.05) is 40.5 Å². The Kier molecular flexibility index (Phi) is 3.99. The Labute approximate surface area is 108 Å². The Morgan fingerprint density at radius 2 is 2.40 bits per heavy atom. The number of thioether (sulfide) groups is 1. The van der Waals surface area contributed by atoms with E-state index >= 15 is 0 Å². The number of rotatable bonds is 2. The zero-order valence-corrected chi connectivity index (χ0v) is 11.6. The molecule has 0 aliphatic carbocycles. The molecule has 1 aliphatic heterocycles. The van der Waals surface area contributed by atoms with Crippen molar-refractivity contribution in [1.29, 1.82) is 0 Å². The van der Waals surface area contributed by atoms with Crippen LogP contribution in [-0.2, 0) is 0 Å². The third-order valence-electron chi connectivity index (χ3n) is 2.59. The maximum atomic E-state index is 6.22. The highest BCUT2D eigenvalue weighted by Crippen LogP contribution is 2.37. The molecule has 1 aromatic carbocycles. The summed E-state index contributed by atoms with van der Waals surface area (Å²) in [6.45, 7) is 2.21. The summed E-state index contributed by atoms with van der Waals surface area (Å²) in [6.07, 6.45) is 1.18. The second kappa shape index (κ2) is 5.09. The van der Waals surface area contributed by atoms with Gasteiger partial charge in [0.15, 0.2) is 0 Å². The van der Waals surface area contributed by atoms with E-state index in [1.807, 2.05) is 23.9 Å². The summed E-state index contributed by atoms with van der Waals surface area (Å²) in [5.41, 5.74) is 1.20. The smallest absolute Gasteiger partial charge is 0.0806 e. The molecule has 4 heteroatoms. The second-order valence-electron chi connectivity index (χ2n) is 3.65. The fraction of sp³-hybridized carbons (Fsp3) is 0.455. The molecule has 0 saturated carbocycles. The standard InChI is InChI=1S/C11H13BrClNS/c1-2-8-6-15-11(14-8)9-4-3-7(12)5-10(9)13/h3-5,8,11,14H,2,6H2,1H3. The Hall–Kier alpha value is 0.300. The Balaban J connectivity index is 2.17. The van der Waals surface area contributed by atoms with Crippen LogP contribution in [0.5, 0.6) is 0 Å². The molecule has 2 unspecified atom stereocenters. The van der Waals surface area contributed by atoms with Crippen molar-refractivity contribution >= 4 is 39.3 Å². The van der Waals surface area contributed by atoms with E-state index < -0.39 is 0 Å². The molecule has 2 atom stereocenters. The van der Waals surface area contributed by atoms with Crippen molar-refractivity contribution in [2.75, 3.05) is 5.75 Å². The molecule has 2 rings (SSSR count). The van der Waals surface area contributed by atoms with Crippen molar-refractivity contribution in [3.05, 3.63) is 33.3 Å². The Morgan fingerprint density at radius 1 is 1.60 bits per heavy atom. The summed E-state index contributed by atoms with van der Waals surface area (Å²) in [6, 6.07) is 6.72. The van der Waals surface area contributed by atoms with E-state index in [9.17, 15) is 0 Å². The average Bonchev–Trinajstić information content (AvgIpc) is 2.66. The molecule has 0 bridgehead atoms. The van der Waals surface area contributed by atoms with E-state index in [-0.39, 0.29) is 0 Å². The molecule has 0 amide bonds. The van der Waals surface area contributed by atoms with Crippen LogP contribution in [0.3, 0.4) is 0 Å². The molecule has 1 saturated heterocycles. The van der Waals surface area contributed by atoms with Crippen LogP contribution in [0.25, 0.3) is 0 Å². The fourth-order valence-corrected chi connectivity index (χ4v) is 3.93. The van der Waals surface area contributed by atoms with E-state index in [1.165, 1.54) is 17.7 Å². The van der Waals surface area contributed by atoms with Gasteiger partial charge in [0.05, 0.1) is 5.37 Å². The van der Waals surface area contributed by atoms with Crippen LogP contribution in [0.2, 0.25) is 5.02 Å². The monoisotopic (exact) mass is 305 g/mol. The van der Waals surface area contributed by atoms with Gasteiger partial charge in [-0.25, -0.2) is 0 Å². The third kappa shape index (κ3) is 2.70. The molecule has 1 fully saturated rings. The topological polar surface area (TPSA) is 12.0 Å². The number of hydrogen-bond donors (Lipinski definition) is 1. The van der Waals surface area contributed by atoms with Crippen LogP contribution in [0, 0.1) is 0 Å². The highest BCUT2D eigenvalue weighted by Gasteiger charge is 2.25. The minimum atomic E-state index is 0.357. The minimum Gasteiger partial charge on any atom is -0.298 e. The van der Waals surface area contributed by atoms with E-state index in [1.54, 1.807) is 0 Å². The van der Waals surface area contributed by atoms with Gasteiger partial charge in [-0.2, -0.15) is 0 Å². The van der Waals surface area contributed by atoms with Crippen LogP contribution in [0.1, 0.15) is 24.3 Å². The van der Waals surface area contributed by atoms with Gasteiger partial charge >= 0.3 is 0 Å². The highest BCUT2D eigenvalue weighted by atomic mass is 79.9. The van der Waals surface area contributed by atoms with Gasteiger partial charge in [0, 0.05) is 21.3 Å². The summed E-state index contributed by atoms with van der Waals surface area (Å²) in [7, 11) is 0. The van der Waals surface area contributed by atoms with Gasteiger partial charge in [-0.15, -0.1) is 11.8 Å². The maximum absolute atomic E-state index is 6.22. The zero-order valence-electron chi connectivity index (χ0n) is 8.47. The lowest BCUT2D eigenvalue weighted by Crippen LogP contribution is -2.24. The SMILES string of the molecule is CCC1CSC(c2ccc(Br)cc2Cl)N1.